The number of allylic oxidation sites excluding steroid dienone is 2. The predicted octanol–water partition coefficient (Wildman–Crippen LogP) is 2.53. The third-order valence-corrected chi connectivity index (χ3v) is 5.45. The van der Waals surface area contributed by atoms with Gasteiger partial charge in [-0.2, -0.15) is 0 Å². The maximum absolute atomic E-state index is 10.4. The quantitative estimate of drug-likeness (QED) is 0.206. The zero-order valence-corrected chi connectivity index (χ0v) is 16.6. The van der Waals surface area contributed by atoms with Crippen molar-refractivity contribution in [3.05, 3.63) is 71.1 Å². The van der Waals surface area contributed by atoms with E-state index in [1.807, 2.05) is 22.8 Å². The highest BCUT2D eigenvalue weighted by Crippen LogP contribution is 2.35. The molecular weight excluding hydrogens is 402 g/mol. The van der Waals surface area contributed by atoms with Crippen LogP contribution in [0.3, 0.4) is 0 Å². The molecule has 0 aliphatic rings. The summed E-state index contributed by atoms with van der Waals surface area (Å²) in [7, 11) is 0. The number of nitrogens with two attached hydrogens (primary N) is 1. The minimum Gasteiger partial charge on any atom is -0.384 e. The number of aliphatic hydroxyl groups is 2. The Morgan fingerprint density at radius 3 is 2.87 bits per heavy atom. The molecule has 0 aliphatic carbocycles. The Morgan fingerprint density at radius 1 is 1.23 bits per heavy atom. The molecule has 4 aromatic rings. The fraction of sp³-hybridized carbons (Fsp3) is 0.0952. The fourth-order valence-electron chi connectivity index (χ4n) is 3.45. The van der Waals surface area contributed by atoms with Crippen LogP contribution in [0.1, 0.15) is 23.1 Å². The van der Waals surface area contributed by atoms with Crippen LogP contribution in [-0.4, -0.2) is 31.2 Å². The number of benzene rings is 1. The van der Waals surface area contributed by atoms with Gasteiger partial charge in [0.05, 0.1) is 26.9 Å². The van der Waals surface area contributed by atoms with Crippen LogP contribution in [0.25, 0.3) is 27.2 Å². The maximum atomic E-state index is 10.4. The summed E-state index contributed by atoms with van der Waals surface area (Å²) in [5.41, 5.74) is 11.2. The van der Waals surface area contributed by atoms with E-state index in [-0.39, 0.29) is 0 Å². The first-order valence-corrected chi connectivity index (χ1v) is 9.95. The second-order valence-electron chi connectivity index (χ2n) is 6.54. The number of hydrogen-bond donors (Lipinski definition) is 4. The lowest BCUT2D eigenvalue weighted by Gasteiger charge is -2.13. The molecule has 0 fully saturated rings. The number of fused-ring (bicyclic) bond motifs is 2. The molecule has 1 amide bonds. The standard InChI is InChI=1S/C21H19N5O3S/c22-19-7-13(4-6-24-19)10-26-17-9-16-18(30-12-25-16)8-15(17)14(20(26)21(28)29)3-1-2-5-23-11-27/h1-9,11-12,21,28-29H,10H2,(H2,22,24)(H,23,27)/b3-1+,5-2-. The van der Waals surface area contributed by atoms with E-state index >= 15 is 0 Å². The lowest BCUT2D eigenvalue weighted by Crippen LogP contribution is -2.10. The van der Waals surface area contributed by atoms with Gasteiger partial charge in [0.25, 0.3) is 0 Å². The highest BCUT2D eigenvalue weighted by atomic mass is 32.1. The summed E-state index contributed by atoms with van der Waals surface area (Å²) in [6.07, 6.45) is 7.14. The van der Waals surface area contributed by atoms with E-state index in [0.717, 1.165) is 26.7 Å². The molecule has 152 valence electrons. The smallest absolute Gasteiger partial charge is 0.211 e. The molecule has 0 saturated heterocycles. The van der Waals surface area contributed by atoms with Gasteiger partial charge in [-0.25, -0.2) is 9.97 Å². The number of nitrogen functional groups attached to an aromatic ring is 1. The van der Waals surface area contributed by atoms with E-state index in [4.69, 9.17) is 5.73 Å². The van der Waals surface area contributed by atoms with Crippen molar-refractivity contribution in [3.8, 4) is 0 Å². The third-order valence-electron chi connectivity index (χ3n) is 4.66. The number of aliphatic hydroxyl groups excluding tert-OH is 1. The molecule has 0 unspecified atom stereocenters. The predicted molar refractivity (Wildman–Crippen MR) is 117 cm³/mol. The third kappa shape index (κ3) is 3.81. The number of hydrogen-bond acceptors (Lipinski definition) is 7. The lowest BCUT2D eigenvalue weighted by atomic mass is 10.1. The van der Waals surface area contributed by atoms with Gasteiger partial charge in [-0.05, 0) is 35.9 Å². The van der Waals surface area contributed by atoms with E-state index in [1.165, 1.54) is 17.5 Å². The number of thiazole rings is 1. The van der Waals surface area contributed by atoms with Crippen LogP contribution >= 0.6 is 11.3 Å². The molecule has 9 heteroatoms. The van der Waals surface area contributed by atoms with E-state index in [0.29, 0.717) is 30.0 Å². The van der Waals surface area contributed by atoms with E-state index in [9.17, 15) is 15.0 Å². The van der Waals surface area contributed by atoms with Crippen molar-refractivity contribution in [1.82, 2.24) is 19.9 Å². The van der Waals surface area contributed by atoms with Gasteiger partial charge in [-0.3, -0.25) is 4.79 Å². The molecule has 0 radical (unpaired) electrons. The Kier molecular flexibility index (Phi) is 5.57. The number of pyridine rings is 1. The van der Waals surface area contributed by atoms with Crippen molar-refractivity contribution in [2.24, 2.45) is 0 Å². The molecule has 8 nitrogen and oxygen atoms in total. The van der Waals surface area contributed by atoms with E-state index < -0.39 is 6.29 Å². The SMILES string of the molecule is Nc1cc(Cn2c(C(O)O)c(/C=C/C=C\NC=O)c3cc4scnc4cc32)ccn1. The summed E-state index contributed by atoms with van der Waals surface area (Å²) in [6, 6.07) is 7.53. The molecule has 3 heterocycles. The van der Waals surface area contributed by atoms with Crippen LogP contribution < -0.4 is 11.1 Å². The van der Waals surface area contributed by atoms with Crippen LogP contribution in [0, 0.1) is 0 Å². The van der Waals surface area contributed by atoms with Gasteiger partial charge in [0.1, 0.15) is 5.82 Å². The number of amides is 1. The Hall–Kier alpha value is -3.53. The molecule has 0 spiro atoms. The molecule has 0 saturated carbocycles. The number of nitrogens with one attached hydrogen (secondary N) is 1. The molecule has 1 aromatic carbocycles. The Bertz CT molecular complexity index is 1270. The van der Waals surface area contributed by atoms with Gasteiger partial charge >= 0.3 is 0 Å². The monoisotopic (exact) mass is 421 g/mol. The molecule has 0 aliphatic heterocycles. The van der Waals surface area contributed by atoms with Gasteiger partial charge in [0.15, 0.2) is 6.29 Å². The number of rotatable bonds is 7. The fourth-order valence-corrected chi connectivity index (χ4v) is 4.14. The second kappa shape index (κ2) is 8.46. The van der Waals surface area contributed by atoms with Crippen LogP contribution in [0.15, 0.2) is 54.3 Å². The van der Waals surface area contributed by atoms with E-state index in [2.05, 4.69) is 15.3 Å². The first kappa shape index (κ1) is 19.8. The first-order chi connectivity index (χ1) is 14.6. The number of anilines is 1. The molecule has 4 rings (SSSR count). The summed E-state index contributed by atoms with van der Waals surface area (Å²) in [4.78, 5) is 18.8. The van der Waals surface area contributed by atoms with Gasteiger partial charge < -0.3 is 25.8 Å². The highest BCUT2D eigenvalue weighted by Gasteiger charge is 2.21. The molecule has 0 atom stereocenters. The van der Waals surface area contributed by atoms with Crippen LogP contribution in [-0.2, 0) is 11.3 Å². The topological polar surface area (TPSA) is 126 Å². The van der Waals surface area contributed by atoms with Gasteiger partial charge in [-0.1, -0.05) is 12.2 Å². The maximum Gasteiger partial charge on any atom is 0.211 e. The minimum absolute atomic E-state index is 0.353. The van der Waals surface area contributed by atoms with Crippen LogP contribution in [0.4, 0.5) is 5.82 Å². The number of carbonyl (C=O) groups excluding carboxylic acids is 1. The number of aromatic nitrogens is 3. The highest BCUT2D eigenvalue weighted by molar-refractivity contribution is 7.16. The molecule has 3 aromatic heterocycles. The van der Waals surface area contributed by atoms with Crippen molar-refractivity contribution in [2.75, 3.05) is 5.73 Å². The van der Waals surface area contributed by atoms with Gasteiger partial charge in [-0.15, -0.1) is 11.3 Å². The van der Waals surface area contributed by atoms with Crippen molar-refractivity contribution in [1.29, 1.82) is 0 Å². The zero-order chi connectivity index (χ0) is 21.1. The average molecular weight is 421 g/mol. The zero-order valence-electron chi connectivity index (χ0n) is 15.8. The van der Waals surface area contributed by atoms with Crippen molar-refractivity contribution < 1.29 is 15.0 Å². The largest absolute Gasteiger partial charge is 0.384 e. The summed E-state index contributed by atoms with van der Waals surface area (Å²) >= 11 is 1.52. The van der Waals surface area contributed by atoms with Crippen LogP contribution in [0.5, 0.6) is 0 Å². The molecule has 0 bridgehead atoms. The Balaban J connectivity index is 1.93. The second-order valence-corrected chi connectivity index (χ2v) is 7.43. The molecular formula is C21H19N5O3S. The van der Waals surface area contributed by atoms with Crippen molar-refractivity contribution >= 4 is 50.8 Å². The summed E-state index contributed by atoms with van der Waals surface area (Å²) in [5, 5.41) is 23.7. The van der Waals surface area contributed by atoms with Crippen molar-refractivity contribution in [3.63, 3.8) is 0 Å². The summed E-state index contributed by atoms with van der Waals surface area (Å²) in [6.45, 7) is 0.377. The van der Waals surface area contributed by atoms with Crippen LogP contribution in [0.2, 0.25) is 0 Å². The summed E-state index contributed by atoms with van der Waals surface area (Å²) < 4.78 is 2.85. The lowest BCUT2D eigenvalue weighted by molar-refractivity contribution is -0.108. The number of carbonyl (C=O) groups is 1. The normalized spacial score (nSPS) is 12.1. The van der Waals surface area contributed by atoms with Gasteiger partial charge in [0.2, 0.25) is 6.41 Å². The Morgan fingerprint density at radius 2 is 2.10 bits per heavy atom. The summed E-state index contributed by atoms with van der Waals surface area (Å²) in [5.74, 6) is 0.393. The molecule has 30 heavy (non-hydrogen) atoms. The first-order valence-electron chi connectivity index (χ1n) is 9.07. The van der Waals surface area contributed by atoms with Gasteiger partial charge in [0, 0.05) is 29.9 Å². The Labute approximate surface area is 175 Å². The average Bonchev–Trinajstić information content (AvgIpc) is 3.29. The minimum atomic E-state index is -1.70. The molecule has 5 N–H and O–H groups in total. The number of nitrogens with zero attached hydrogens (tertiary/aromatic N) is 3. The van der Waals surface area contributed by atoms with Crippen molar-refractivity contribution in [2.45, 2.75) is 12.8 Å². The van der Waals surface area contributed by atoms with E-state index in [1.54, 1.807) is 36.0 Å².